The Kier molecular flexibility index (Phi) is 5.53. The third-order valence-corrected chi connectivity index (χ3v) is 4.85. The molecule has 0 saturated carbocycles. The zero-order valence-electron chi connectivity index (χ0n) is 15.4. The molecule has 1 aromatic carbocycles. The van der Waals surface area contributed by atoms with Crippen molar-refractivity contribution in [1.29, 1.82) is 0 Å². The summed E-state index contributed by atoms with van der Waals surface area (Å²) >= 11 is 0. The summed E-state index contributed by atoms with van der Waals surface area (Å²) < 4.78 is 0. The van der Waals surface area contributed by atoms with Gasteiger partial charge in [-0.05, 0) is 55.5 Å². The smallest absolute Gasteiger partial charge is 0.252 e. The van der Waals surface area contributed by atoms with Gasteiger partial charge in [0.25, 0.3) is 5.56 Å². The van der Waals surface area contributed by atoms with Gasteiger partial charge in [0, 0.05) is 18.3 Å². The summed E-state index contributed by atoms with van der Waals surface area (Å²) in [5.74, 6) is 1.57. The van der Waals surface area contributed by atoms with Gasteiger partial charge in [0.15, 0.2) is 0 Å². The average molecular weight is 340 g/mol. The van der Waals surface area contributed by atoms with E-state index in [0.717, 1.165) is 23.8 Å². The molecule has 2 aromatic rings. The molecule has 5 nitrogen and oxygen atoms in total. The number of aromatic amines is 1. The second-order valence-corrected chi connectivity index (χ2v) is 7.45. The van der Waals surface area contributed by atoms with Gasteiger partial charge in [-0.25, -0.2) is 4.98 Å². The van der Waals surface area contributed by atoms with E-state index < -0.39 is 0 Å². The summed E-state index contributed by atoms with van der Waals surface area (Å²) in [7, 11) is 0. The number of H-pyrrole nitrogens is 1. The normalized spacial score (nSPS) is 16.3. The van der Waals surface area contributed by atoms with Crippen LogP contribution in [0.15, 0.2) is 35.1 Å². The maximum absolute atomic E-state index is 11.8. The van der Waals surface area contributed by atoms with Gasteiger partial charge in [-0.15, -0.1) is 0 Å². The van der Waals surface area contributed by atoms with Gasteiger partial charge in [0.05, 0.1) is 5.69 Å². The Labute approximate surface area is 149 Å². The molecule has 1 fully saturated rings. The minimum absolute atomic E-state index is 0.128. The largest absolute Gasteiger partial charge is 0.326 e. The first-order valence-electron chi connectivity index (χ1n) is 9.19. The molecular formula is C20H28N4O. The number of likely N-dealkylation sites (tertiary alicyclic amines) is 1. The number of hydrogen-bond donors (Lipinski definition) is 2. The fourth-order valence-electron chi connectivity index (χ4n) is 3.14. The highest BCUT2D eigenvalue weighted by atomic mass is 16.1. The molecule has 0 aliphatic carbocycles. The Bertz CT molecular complexity index is 743. The number of rotatable bonds is 5. The Morgan fingerprint density at radius 2 is 1.92 bits per heavy atom. The minimum atomic E-state index is -0.128. The first kappa shape index (κ1) is 17.7. The van der Waals surface area contributed by atoms with E-state index in [1.807, 2.05) is 26.0 Å². The van der Waals surface area contributed by atoms with E-state index >= 15 is 0 Å². The van der Waals surface area contributed by atoms with Crippen LogP contribution >= 0.6 is 0 Å². The van der Waals surface area contributed by atoms with Crippen LogP contribution in [0.5, 0.6) is 0 Å². The van der Waals surface area contributed by atoms with Crippen molar-refractivity contribution in [3.05, 3.63) is 51.9 Å². The van der Waals surface area contributed by atoms with Gasteiger partial charge in [0.2, 0.25) is 5.95 Å². The predicted molar refractivity (Wildman–Crippen MR) is 102 cm³/mol. The molecule has 1 aliphatic rings. The molecule has 2 heterocycles. The third kappa shape index (κ3) is 4.92. The average Bonchev–Trinajstić information content (AvgIpc) is 2.58. The van der Waals surface area contributed by atoms with Crippen LogP contribution in [0.3, 0.4) is 0 Å². The number of piperidine rings is 1. The number of benzene rings is 1. The van der Waals surface area contributed by atoms with Crippen molar-refractivity contribution in [2.45, 2.75) is 46.1 Å². The van der Waals surface area contributed by atoms with Crippen LogP contribution < -0.4 is 10.9 Å². The molecule has 0 spiro atoms. The summed E-state index contributed by atoms with van der Waals surface area (Å²) in [6.07, 6.45) is 2.59. The summed E-state index contributed by atoms with van der Waals surface area (Å²) in [5.41, 5.74) is 2.91. The lowest BCUT2D eigenvalue weighted by molar-refractivity contribution is 0.185. The van der Waals surface area contributed by atoms with Crippen LogP contribution in [-0.4, -0.2) is 28.0 Å². The molecule has 0 amide bonds. The Hall–Kier alpha value is -2.14. The molecule has 5 heteroatoms. The molecule has 2 N–H and O–H groups in total. The Balaban J connectivity index is 1.64. The molecule has 1 aromatic heterocycles. The summed E-state index contributed by atoms with van der Waals surface area (Å²) in [5, 5.41) is 3.20. The van der Waals surface area contributed by atoms with Crippen molar-refractivity contribution in [3.63, 3.8) is 0 Å². The van der Waals surface area contributed by atoms with Crippen molar-refractivity contribution in [2.24, 2.45) is 5.92 Å². The lowest BCUT2D eigenvalue weighted by atomic mass is 9.99. The van der Waals surface area contributed by atoms with E-state index in [1.165, 1.54) is 31.5 Å². The monoisotopic (exact) mass is 340 g/mol. The van der Waals surface area contributed by atoms with E-state index in [9.17, 15) is 4.79 Å². The zero-order valence-corrected chi connectivity index (χ0v) is 15.4. The van der Waals surface area contributed by atoms with Crippen LogP contribution in [-0.2, 0) is 6.54 Å². The number of hydrogen-bond acceptors (Lipinski definition) is 4. The van der Waals surface area contributed by atoms with Crippen LogP contribution in [0.1, 0.15) is 50.8 Å². The van der Waals surface area contributed by atoms with Gasteiger partial charge in [0.1, 0.15) is 0 Å². The molecule has 0 bridgehead atoms. The Morgan fingerprint density at radius 1 is 1.24 bits per heavy atom. The molecule has 1 aliphatic heterocycles. The van der Waals surface area contributed by atoms with Crippen LogP contribution in [0.2, 0.25) is 0 Å². The van der Waals surface area contributed by atoms with E-state index in [0.29, 0.717) is 5.95 Å². The van der Waals surface area contributed by atoms with Crippen molar-refractivity contribution < 1.29 is 0 Å². The first-order chi connectivity index (χ1) is 12.0. The topological polar surface area (TPSA) is 61.0 Å². The van der Waals surface area contributed by atoms with Crippen molar-refractivity contribution in [3.8, 4) is 0 Å². The van der Waals surface area contributed by atoms with Gasteiger partial charge >= 0.3 is 0 Å². The number of anilines is 2. The summed E-state index contributed by atoms with van der Waals surface area (Å²) in [6, 6.07) is 9.93. The quantitative estimate of drug-likeness (QED) is 0.867. The van der Waals surface area contributed by atoms with E-state index in [-0.39, 0.29) is 11.5 Å². The summed E-state index contributed by atoms with van der Waals surface area (Å²) in [4.78, 5) is 21.5. The van der Waals surface area contributed by atoms with Crippen LogP contribution in [0.25, 0.3) is 0 Å². The van der Waals surface area contributed by atoms with Crippen molar-refractivity contribution >= 4 is 11.6 Å². The fourth-order valence-corrected chi connectivity index (χ4v) is 3.14. The van der Waals surface area contributed by atoms with Gasteiger partial charge in [-0.3, -0.25) is 14.7 Å². The number of nitrogens with one attached hydrogen (secondary N) is 2. The first-order valence-corrected chi connectivity index (χ1v) is 9.19. The van der Waals surface area contributed by atoms with E-state index in [4.69, 9.17) is 0 Å². The van der Waals surface area contributed by atoms with E-state index in [1.54, 1.807) is 6.07 Å². The lowest BCUT2D eigenvalue weighted by Gasteiger charge is -2.30. The summed E-state index contributed by atoms with van der Waals surface area (Å²) in [6.45, 7) is 9.78. The molecule has 25 heavy (non-hydrogen) atoms. The standard InChI is InChI=1S/C20H28N4O/c1-14(2)18-12-19(25)23-20(22-18)21-17-6-4-16(5-7-17)13-24-10-8-15(3)9-11-24/h4-7,12,14-15H,8-11,13H2,1-3H3,(H2,21,22,23,25). The fraction of sp³-hybridized carbons (Fsp3) is 0.500. The van der Waals surface area contributed by atoms with Crippen molar-refractivity contribution in [1.82, 2.24) is 14.9 Å². The van der Waals surface area contributed by atoms with Gasteiger partial charge in [-0.1, -0.05) is 32.9 Å². The second-order valence-electron chi connectivity index (χ2n) is 7.45. The molecule has 134 valence electrons. The number of nitrogens with zero attached hydrogens (tertiary/aromatic N) is 2. The lowest BCUT2D eigenvalue weighted by Crippen LogP contribution is -2.32. The molecule has 3 rings (SSSR count). The number of aromatic nitrogens is 2. The highest BCUT2D eigenvalue weighted by Crippen LogP contribution is 2.20. The molecule has 1 saturated heterocycles. The van der Waals surface area contributed by atoms with Gasteiger partial charge < -0.3 is 5.32 Å². The second kappa shape index (κ2) is 7.83. The van der Waals surface area contributed by atoms with Crippen molar-refractivity contribution in [2.75, 3.05) is 18.4 Å². The maximum Gasteiger partial charge on any atom is 0.252 e. The van der Waals surface area contributed by atoms with Gasteiger partial charge in [-0.2, -0.15) is 0 Å². The molecule has 0 atom stereocenters. The van der Waals surface area contributed by atoms with Crippen LogP contribution in [0.4, 0.5) is 11.6 Å². The highest BCUT2D eigenvalue weighted by molar-refractivity contribution is 5.53. The molecular weight excluding hydrogens is 312 g/mol. The van der Waals surface area contributed by atoms with Crippen LogP contribution in [0, 0.1) is 5.92 Å². The third-order valence-electron chi connectivity index (χ3n) is 4.85. The highest BCUT2D eigenvalue weighted by Gasteiger charge is 2.15. The molecule has 0 radical (unpaired) electrons. The maximum atomic E-state index is 11.8. The Morgan fingerprint density at radius 3 is 2.56 bits per heavy atom. The minimum Gasteiger partial charge on any atom is -0.326 e. The van der Waals surface area contributed by atoms with E-state index in [2.05, 4.69) is 39.2 Å². The SMILES string of the molecule is CC1CCN(Cc2ccc(Nc3nc(C(C)C)cc(=O)[nH]3)cc2)CC1. The predicted octanol–water partition coefficient (Wildman–Crippen LogP) is 3.87. The zero-order chi connectivity index (χ0) is 17.8. The molecule has 0 unspecified atom stereocenters.